The number of nitrogens with one attached hydrogen (secondary N) is 1. The average molecular weight is 437 g/mol. The first kappa shape index (κ1) is 21.0. The molecular weight excluding hydrogens is 419 g/mol. The van der Waals surface area contributed by atoms with Gasteiger partial charge in [-0.2, -0.15) is 0 Å². The van der Waals surface area contributed by atoms with Crippen LogP contribution in [0.15, 0.2) is 42.5 Å². The lowest BCUT2D eigenvalue weighted by Crippen LogP contribution is -2.24. The van der Waals surface area contributed by atoms with E-state index < -0.39 is 18.5 Å². The number of carbonyl (C=O) groups is 3. The van der Waals surface area contributed by atoms with E-state index in [1.54, 1.807) is 41.3 Å². The second-order valence-corrected chi connectivity index (χ2v) is 7.11. The summed E-state index contributed by atoms with van der Waals surface area (Å²) in [4.78, 5) is 37.1. The fourth-order valence-electron chi connectivity index (χ4n) is 2.75. The first-order valence-corrected chi connectivity index (χ1v) is 9.62. The van der Waals surface area contributed by atoms with Gasteiger partial charge in [-0.15, -0.1) is 0 Å². The van der Waals surface area contributed by atoms with E-state index in [1.165, 1.54) is 6.07 Å². The molecule has 3 rings (SSSR count). The lowest BCUT2D eigenvalue weighted by molar-refractivity contribution is -0.149. The number of ether oxygens (including phenoxy) is 2. The zero-order valence-corrected chi connectivity index (χ0v) is 16.8. The van der Waals surface area contributed by atoms with Crippen molar-refractivity contribution in [2.45, 2.75) is 12.8 Å². The molecule has 0 spiro atoms. The lowest BCUT2D eigenvalue weighted by Gasteiger charge is -2.16. The molecule has 0 saturated carbocycles. The Morgan fingerprint density at radius 3 is 2.52 bits per heavy atom. The Labute approximate surface area is 177 Å². The number of halogens is 2. The van der Waals surface area contributed by atoms with E-state index in [0.29, 0.717) is 34.4 Å². The molecule has 1 N–H and O–H groups in total. The van der Waals surface area contributed by atoms with Gasteiger partial charge in [0.25, 0.3) is 5.91 Å². The number of carbonyl (C=O) groups excluding carboxylic acids is 3. The van der Waals surface area contributed by atoms with Crippen LogP contribution in [0.1, 0.15) is 12.8 Å². The van der Waals surface area contributed by atoms with E-state index in [1.807, 2.05) is 0 Å². The molecule has 0 aromatic heterocycles. The molecule has 1 heterocycles. The van der Waals surface area contributed by atoms with Crippen LogP contribution < -0.4 is 15.0 Å². The topological polar surface area (TPSA) is 84.9 Å². The largest absolute Gasteiger partial charge is 0.482 e. The highest BCUT2D eigenvalue weighted by atomic mass is 35.5. The van der Waals surface area contributed by atoms with Crippen LogP contribution in [-0.2, 0) is 19.1 Å². The van der Waals surface area contributed by atoms with Crippen LogP contribution in [0.2, 0.25) is 10.0 Å². The lowest BCUT2D eigenvalue weighted by atomic mass is 10.3. The maximum Gasteiger partial charge on any atom is 0.344 e. The van der Waals surface area contributed by atoms with E-state index in [-0.39, 0.29) is 12.5 Å². The van der Waals surface area contributed by atoms with Crippen LogP contribution >= 0.6 is 23.2 Å². The Morgan fingerprint density at radius 2 is 1.83 bits per heavy atom. The molecule has 0 bridgehead atoms. The summed E-state index contributed by atoms with van der Waals surface area (Å²) in [7, 11) is 0. The minimum absolute atomic E-state index is 0.0968. The minimum atomic E-state index is -0.698. The van der Waals surface area contributed by atoms with Gasteiger partial charge in [0.1, 0.15) is 5.75 Å². The molecule has 29 heavy (non-hydrogen) atoms. The molecule has 2 aromatic rings. The van der Waals surface area contributed by atoms with Gasteiger partial charge >= 0.3 is 5.97 Å². The molecule has 0 unspecified atom stereocenters. The second-order valence-electron chi connectivity index (χ2n) is 6.26. The highest BCUT2D eigenvalue weighted by Gasteiger charge is 2.21. The Morgan fingerprint density at radius 1 is 1.07 bits per heavy atom. The van der Waals surface area contributed by atoms with Crippen molar-refractivity contribution in [2.75, 3.05) is 30.0 Å². The molecule has 0 atom stereocenters. The van der Waals surface area contributed by atoms with Gasteiger partial charge in [-0.05, 0) is 48.9 Å². The molecule has 9 heteroatoms. The third kappa shape index (κ3) is 5.85. The third-order valence-electron chi connectivity index (χ3n) is 4.15. The zero-order valence-electron chi connectivity index (χ0n) is 15.3. The van der Waals surface area contributed by atoms with Crippen LogP contribution in [0.4, 0.5) is 11.4 Å². The van der Waals surface area contributed by atoms with Gasteiger partial charge in [-0.25, -0.2) is 4.79 Å². The summed E-state index contributed by atoms with van der Waals surface area (Å²) in [6.45, 7) is -0.137. The summed E-state index contributed by atoms with van der Waals surface area (Å²) in [5, 5.41) is 3.24. The van der Waals surface area contributed by atoms with Crippen molar-refractivity contribution in [3.63, 3.8) is 0 Å². The molecular formula is C20H18Cl2N2O5. The maximum absolute atomic E-state index is 11.9. The van der Waals surface area contributed by atoms with Crippen LogP contribution in [0.25, 0.3) is 0 Å². The minimum Gasteiger partial charge on any atom is -0.482 e. The van der Waals surface area contributed by atoms with Crippen LogP contribution in [-0.4, -0.2) is 37.5 Å². The highest BCUT2D eigenvalue weighted by molar-refractivity contribution is 6.35. The average Bonchev–Trinajstić information content (AvgIpc) is 3.14. The molecule has 7 nitrogen and oxygen atoms in total. The van der Waals surface area contributed by atoms with Gasteiger partial charge in [0.15, 0.2) is 13.2 Å². The summed E-state index contributed by atoms with van der Waals surface area (Å²) in [6, 6.07) is 11.5. The van der Waals surface area contributed by atoms with E-state index in [4.69, 9.17) is 32.7 Å². The van der Waals surface area contributed by atoms with Gasteiger partial charge in [-0.1, -0.05) is 23.2 Å². The number of hydrogen-bond donors (Lipinski definition) is 1. The number of nitrogens with zero attached hydrogens (tertiary/aromatic N) is 1. The number of esters is 1. The SMILES string of the molecule is O=C(COC(=O)COc1ccc(N2CCCC2=O)cc1)Nc1cc(Cl)ccc1Cl. The summed E-state index contributed by atoms with van der Waals surface area (Å²) >= 11 is 11.8. The molecule has 2 amide bonds. The molecule has 0 radical (unpaired) electrons. The monoisotopic (exact) mass is 436 g/mol. The molecule has 1 saturated heterocycles. The first-order chi connectivity index (χ1) is 13.9. The van der Waals surface area contributed by atoms with Crippen molar-refractivity contribution in [1.82, 2.24) is 0 Å². The molecule has 2 aromatic carbocycles. The predicted octanol–water partition coefficient (Wildman–Crippen LogP) is 3.68. The van der Waals surface area contributed by atoms with Crippen LogP contribution in [0.5, 0.6) is 5.75 Å². The van der Waals surface area contributed by atoms with Gasteiger partial charge in [-0.3, -0.25) is 9.59 Å². The number of benzene rings is 2. The Kier molecular flexibility index (Phi) is 6.95. The third-order valence-corrected chi connectivity index (χ3v) is 4.71. The van der Waals surface area contributed by atoms with E-state index in [0.717, 1.165) is 12.1 Å². The van der Waals surface area contributed by atoms with E-state index >= 15 is 0 Å². The zero-order chi connectivity index (χ0) is 20.8. The number of amides is 2. The summed E-state index contributed by atoms with van der Waals surface area (Å²) in [6.07, 6.45) is 1.40. The van der Waals surface area contributed by atoms with Crippen molar-refractivity contribution in [3.05, 3.63) is 52.5 Å². The van der Waals surface area contributed by atoms with Gasteiger partial charge in [0.2, 0.25) is 5.91 Å². The number of rotatable bonds is 7. The smallest absolute Gasteiger partial charge is 0.344 e. The van der Waals surface area contributed by atoms with Gasteiger partial charge < -0.3 is 19.7 Å². The van der Waals surface area contributed by atoms with E-state index in [9.17, 15) is 14.4 Å². The Hall–Kier alpha value is -2.77. The van der Waals surface area contributed by atoms with Crippen molar-refractivity contribution >= 4 is 52.4 Å². The van der Waals surface area contributed by atoms with Crippen molar-refractivity contribution in [2.24, 2.45) is 0 Å². The quantitative estimate of drug-likeness (QED) is 0.669. The predicted molar refractivity (Wildman–Crippen MR) is 110 cm³/mol. The maximum atomic E-state index is 11.9. The molecule has 1 aliphatic heterocycles. The molecule has 1 fully saturated rings. The molecule has 0 aliphatic carbocycles. The normalized spacial score (nSPS) is 13.3. The summed E-state index contributed by atoms with van der Waals surface area (Å²) in [5.41, 5.74) is 1.12. The van der Waals surface area contributed by atoms with Crippen molar-refractivity contribution in [3.8, 4) is 5.75 Å². The second kappa shape index (κ2) is 9.62. The van der Waals surface area contributed by atoms with Gasteiger partial charge in [0, 0.05) is 23.7 Å². The molecule has 152 valence electrons. The highest BCUT2D eigenvalue weighted by Crippen LogP contribution is 2.25. The Balaban J connectivity index is 1.42. The molecule has 1 aliphatic rings. The van der Waals surface area contributed by atoms with Crippen molar-refractivity contribution in [1.29, 1.82) is 0 Å². The van der Waals surface area contributed by atoms with Crippen LogP contribution in [0, 0.1) is 0 Å². The van der Waals surface area contributed by atoms with Crippen molar-refractivity contribution < 1.29 is 23.9 Å². The first-order valence-electron chi connectivity index (χ1n) is 8.86. The van der Waals surface area contributed by atoms with E-state index in [2.05, 4.69) is 5.32 Å². The summed E-state index contributed by atoms with van der Waals surface area (Å²) < 4.78 is 10.2. The van der Waals surface area contributed by atoms with Crippen LogP contribution in [0.3, 0.4) is 0 Å². The van der Waals surface area contributed by atoms with Gasteiger partial charge in [0.05, 0.1) is 10.7 Å². The number of hydrogen-bond acceptors (Lipinski definition) is 5. The standard InChI is InChI=1S/C20H18Cl2N2O5/c21-13-3-8-16(22)17(10-13)23-18(25)11-29-20(27)12-28-15-6-4-14(5-7-15)24-9-1-2-19(24)26/h3-8,10H,1-2,9,11-12H2,(H,23,25). The number of anilines is 2. The fraction of sp³-hybridized carbons (Fsp3) is 0.250. The fourth-order valence-corrected chi connectivity index (χ4v) is 3.09. The Bertz CT molecular complexity index is 918. The summed E-state index contributed by atoms with van der Waals surface area (Å²) in [5.74, 6) is -0.703.